The highest BCUT2D eigenvalue weighted by atomic mass is 16.5. The molecule has 0 saturated heterocycles. The zero-order valence-corrected chi connectivity index (χ0v) is 9.81. The number of pyridine rings is 1. The molecule has 17 heavy (non-hydrogen) atoms. The van der Waals surface area contributed by atoms with Crippen LogP contribution in [0.15, 0.2) is 24.5 Å². The van der Waals surface area contributed by atoms with Gasteiger partial charge in [0.25, 0.3) is 0 Å². The van der Waals surface area contributed by atoms with Crippen LogP contribution in [0.3, 0.4) is 0 Å². The molecule has 0 spiro atoms. The van der Waals surface area contributed by atoms with Gasteiger partial charge in [0.1, 0.15) is 6.73 Å². The van der Waals surface area contributed by atoms with E-state index in [0.717, 1.165) is 5.56 Å². The minimum absolute atomic E-state index is 0.172. The van der Waals surface area contributed by atoms with Crippen LogP contribution >= 0.6 is 0 Å². The Morgan fingerprint density at radius 1 is 1.29 bits per heavy atom. The molecule has 94 valence electrons. The highest BCUT2D eigenvalue weighted by Gasteiger charge is 1.98. The first-order valence-corrected chi connectivity index (χ1v) is 5.30. The Balaban J connectivity index is 2.05. The third-order valence-corrected chi connectivity index (χ3v) is 1.97. The minimum Gasteiger partial charge on any atom is -0.382 e. The van der Waals surface area contributed by atoms with E-state index in [9.17, 15) is 4.79 Å². The number of rotatable bonds is 7. The van der Waals surface area contributed by atoms with Gasteiger partial charge in [-0.3, -0.25) is 4.98 Å². The Kier molecular flexibility index (Phi) is 6.69. The summed E-state index contributed by atoms with van der Waals surface area (Å²) >= 11 is 0. The van der Waals surface area contributed by atoms with Crippen molar-refractivity contribution in [3.8, 4) is 0 Å². The van der Waals surface area contributed by atoms with Crippen LogP contribution in [0.2, 0.25) is 0 Å². The molecule has 6 heteroatoms. The lowest BCUT2D eigenvalue weighted by Gasteiger charge is -2.08. The summed E-state index contributed by atoms with van der Waals surface area (Å²) in [5.74, 6) is 0. The first-order chi connectivity index (χ1) is 8.33. The van der Waals surface area contributed by atoms with E-state index in [2.05, 4.69) is 15.6 Å². The van der Waals surface area contributed by atoms with E-state index in [1.807, 2.05) is 12.1 Å². The molecule has 0 atom stereocenters. The molecule has 0 aliphatic carbocycles. The summed E-state index contributed by atoms with van der Waals surface area (Å²) in [5, 5.41) is 5.27. The lowest BCUT2D eigenvalue weighted by Crippen LogP contribution is -2.36. The predicted octanol–water partition coefficient (Wildman–Crippen LogP) is 0.501. The smallest absolute Gasteiger partial charge is 0.316 e. The maximum absolute atomic E-state index is 11.3. The number of carbonyl (C=O) groups excluding carboxylic acids is 1. The highest BCUT2D eigenvalue weighted by Crippen LogP contribution is 1.94. The second-order valence-corrected chi connectivity index (χ2v) is 3.26. The van der Waals surface area contributed by atoms with Gasteiger partial charge < -0.3 is 20.1 Å². The molecule has 0 saturated carbocycles. The molecule has 0 bridgehead atoms. The van der Waals surface area contributed by atoms with Crippen molar-refractivity contribution in [3.63, 3.8) is 0 Å². The van der Waals surface area contributed by atoms with E-state index >= 15 is 0 Å². The number of amides is 2. The molecule has 0 aliphatic rings. The van der Waals surface area contributed by atoms with Gasteiger partial charge >= 0.3 is 6.03 Å². The monoisotopic (exact) mass is 239 g/mol. The first-order valence-electron chi connectivity index (χ1n) is 5.30. The normalized spacial score (nSPS) is 9.94. The van der Waals surface area contributed by atoms with Gasteiger partial charge in [-0.15, -0.1) is 0 Å². The summed E-state index contributed by atoms with van der Waals surface area (Å²) in [6, 6.07) is 3.42. The predicted molar refractivity (Wildman–Crippen MR) is 62.3 cm³/mol. The molecule has 1 aromatic heterocycles. The lowest BCUT2D eigenvalue weighted by atomic mass is 10.3. The summed E-state index contributed by atoms with van der Waals surface area (Å²) < 4.78 is 9.88. The van der Waals surface area contributed by atoms with Gasteiger partial charge in [-0.05, 0) is 17.7 Å². The first kappa shape index (κ1) is 13.4. The average molecular weight is 239 g/mol. The number of aromatic nitrogens is 1. The lowest BCUT2D eigenvalue weighted by molar-refractivity contribution is 0.0642. The van der Waals surface area contributed by atoms with Crippen LogP contribution in [0.25, 0.3) is 0 Å². The number of methoxy groups -OCH3 is 1. The van der Waals surface area contributed by atoms with Crippen LogP contribution in [0.5, 0.6) is 0 Å². The number of ether oxygens (including phenoxy) is 2. The quantitative estimate of drug-likeness (QED) is 0.537. The molecule has 6 nitrogen and oxygen atoms in total. The number of hydrogen-bond acceptors (Lipinski definition) is 4. The fraction of sp³-hybridized carbons (Fsp3) is 0.455. The molecule has 1 rings (SSSR count). The fourth-order valence-corrected chi connectivity index (χ4v) is 1.08. The average Bonchev–Trinajstić information content (AvgIpc) is 2.37. The molecule has 0 aromatic carbocycles. The molecule has 1 heterocycles. The van der Waals surface area contributed by atoms with E-state index in [1.54, 1.807) is 19.5 Å². The van der Waals surface area contributed by atoms with E-state index in [1.165, 1.54) is 0 Å². The zero-order valence-electron chi connectivity index (χ0n) is 9.81. The van der Waals surface area contributed by atoms with Crippen LogP contribution < -0.4 is 10.6 Å². The standard InChI is InChI=1S/C11H17N3O3/c1-16-6-7-17-9-14-11(15)13-8-10-2-4-12-5-3-10/h2-5H,6-9H2,1H3,(H2,13,14,15). The maximum Gasteiger partial charge on any atom is 0.316 e. The topological polar surface area (TPSA) is 72.5 Å². The molecule has 0 fully saturated rings. The van der Waals surface area contributed by atoms with Crippen molar-refractivity contribution >= 4 is 6.03 Å². The molecule has 0 radical (unpaired) electrons. The minimum atomic E-state index is -0.265. The third kappa shape index (κ3) is 6.49. The summed E-state index contributed by atoms with van der Waals surface area (Å²) in [6.45, 7) is 1.61. The van der Waals surface area contributed by atoms with Gasteiger partial charge in [-0.1, -0.05) is 0 Å². The number of nitrogens with one attached hydrogen (secondary N) is 2. The van der Waals surface area contributed by atoms with Crippen LogP contribution in [0, 0.1) is 0 Å². The van der Waals surface area contributed by atoms with Crippen molar-refractivity contribution in [2.24, 2.45) is 0 Å². The maximum atomic E-state index is 11.3. The molecule has 0 aliphatic heterocycles. The Hall–Kier alpha value is -1.66. The second kappa shape index (κ2) is 8.49. The zero-order chi connectivity index (χ0) is 12.3. The van der Waals surface area contributed by atoms with E-state index in [-0.39, 0.29) is 12.8 Å². The van der Waals surface area contributed by atoms with Gasteiger partial charge in [0.2, 0.25) is 0 Å². The number of carbonyl (C=O) groups is 1. The van der Waals surface area contributed by atoms with Crippen LogP contribution in [0.1, 0.15) is 5.56 Å². The summed E-state index contributed by atoms with van der Waals surface area (Å²) in [7, 11) is 1.60. The Morgan fingerprint density at radius 2 is 2.06 bits per heavy atom. The van der Waals surface area contributed by atoms with Crippen molar-refractivity contribution in [1.29, 1.82) is 0 Å². The van der Waals surface area contributed by atoms with Crippen molar-refractivity contribution in [3.05, 3.63) is 30.1 Å². The van der Waals surface area contributed by atoms with Crippen LogP contribution in [-0.2, 0) is 16.0 Å². The molecular formula is C11H17N3O3. The molecule has 1 aromatic rings. The van der Waals surface area contributed by atoms with Crippen LogP contribution in [0.4, 0.5) is 4.79 Å². The summed E-state index contributed by atoms with van der Waals surface area (Å²) in [5.41, 5.74) is 0.996. The van der Waals surface area contributed by atoms with Gasteiger partial charge in [-0.25, -0.2) is 4.79 Å². The van der Waals surface area contributed by atoms with Crippen molar-refractivity contribution in [2.75, 3.05) is 27.1 Å². The van der Waals surface area contributed by atoms with Crippen molar-refractivity contribution in [2.45, 2.75) is 6.54 Å². The Bertz CT molecular complexity index is 319. The van der Waals surface area contributed by atoms with Gasteiger partial charge in [-0.2, -0.15) is 0 Å². The van der Waals surface area contributed by atoms with Gasteiger partial charge in [0, 0.05) is 26.0 Å². The SMILES string of the molecule is COCCOCNC(=O)NCc1ccncc1. The fourth-order valence-electron chi connectivity index (χ4n) is 1.08. The van der Waals surface area contributed by atoms with Crippen molar-refractivity contribution < 1.29 is 14.3 Å². The summed E-state index contributed by atoms with van der Waals surface area (Å²) in [4.78, 5) is 15.2. The van der Waals surface area contributed by atoms with Gasteiger partial charge in [0.15, 0.2) is 0 Å². The number of nitrogens with zero attached hydrogens (tertiary/aromatic N) is 1. The Labute approximate surface area is 100 Å². The molecule has 2 N–H and O–H groups in total. The van der Waals surface area contributed by atoms with Crippen LogP contribution in [-0.4, -0.2) is 38.1 Å². The van der Waals surface area contributed by atoms with Crippen molar-refractivity contribution in [1.82, 2.24) is 15.6 Å². The largest absolute Gasteiger partial charge is 0.382 e. The molecule has 2 amide bonds. The third-order valence-electron chi connectivity index (χ3n) is 1.97. The number of urea groups is 1. The highest BCUT2D eigenvalue weighted by molar-refractivity contribution is 5.73. The van der Waals surface area contributed by atoms with E-state index in [4.69, 9.17) is 9.47 Å². The second-order valence-electron chi connectivity index (χ2n) is 3.26. The summed E-state index contributed by atoms with van der Waals surface area (Å²) in [6.07, 6.45) is 3.37. The molecular weight excluding hydrogens is 222 g/mol. The van der Waals surface area contributed by atoms with E-state index < -0.39 is 0 Å². The number of hydrogen-bond donors (Lipinski definition) is 2. The molecule has 0 unspecified atom stereocenters. The van der Waals surface area contributed by atoms with Gasteiger partial charge in [0.05, 0.1) is 13.2 Å². The Morgan fingerprint density at radius 3 is 2.76 bits per heavy atom. The van der Waals surface area contributed by atoms with E-state index in [0.29, 0.717) is 19.8 Å².